The molecule has 64 valence electrons. The van der Waals surface area contributed by atoms with Crippen LogP contribution in [0.25, 0.3) is 0 Å². The van der Waals surface area contributed by atoms with Gasteiger partial charge >= 0.3 is 0 Å². The van der Waals surface area contributed by atoms with E-state index in [9.17, 15) is 4.79 Å². The van der Waals surface area contributed by atoms with Gasteiger partial charge < -0.3 is 4.79 Å². The van der Waals surface area contributed by atoms with Gasteiger partial charge in [0.25, 0.3) is 0 Å². The fourth-order valence-corrected chi connectivity index (χ4v) is 2.18. The van der Waals surface area contributed by atoms with Crippen molar-refractivity contribution >= 4 is 6.29 Å². The molecule has 0 aromatic heterocycles. The molecule has 0 unspecified atom stereocenters. The lowest BCUT2D eigenvalue weighted by Crippen LogP contribution is -2.25. The molecule has 11 heavy (non-hydrogen) atoms. The first kappa shape index (κ1) is 8.76. The second-order valence-electron chi connectivity index (χ2n) is 3.79. The van der Waals surface area contributed by atoms with E-state index in [4.69, 9.17) is 0 Å². The van der Waals surface area contributed by atoms with Crippen LogP contribution in [-0.2, 0) is 4.79 Å². The van der Waals surface area contributed by atoms with E-state index in [1.807, 2.05) is 0 Å². The molecule has 0 N–H and O–H groups in total. The molecule has 0 amide bonds. The van der Waals surface area contributed by atoms with E-state index in [-0.39, 0.29) is 5.41 Å². The molecular weight excluding hydrogens is 136 g/mol. The lowest BCUT2D eigenvalue weighted by molar-refractivity contribution is -0.118. The molecule has 1 aliphatic rings. The van der Waals surface area contributed by atoms with Gasteiger partial charge in [-0.3, -0.25) is 0 Å². The third-order valence-corrected chi connectivity index (χ3v) is 2.85. The fraction of sp³-hybridized carbons (Fsp3) is 0.900. The van der Waals surface area contributed by atoms with E-state index >= 15 is 0 Å². The van der Waals surface area contributed by atoms with Crippen LogP contribution >= 0.6 is 0 Å². The number of hydrogen-bond acceptors (Lipinski definition) is 1. The van der Waals surface area contributed by atoms with Gasteiger partial charge in [0.2, 0.25) is 0 Å². The van der Waals surface area contributed by atoms with Gasteiger partial charge in [0.1, 0.15) is 6.29 Å². The maximum Gasteiger partial charge on any atom is 0.126 e. The Hall–Kier alpha value is -0.330. The first-order valence-corrected chi connectivity index (χ1v) is 4.79. The molecule has 1 fully saturated rings. The highest BCUT2D eigenvalue weighted by atomic mass is 16.1. The van der Waals surface area contributed by atoms with Crippen LogP contribution in [0.5, 0.6) is 0 Å². The largest absolute Gasteiger partial charge is 0.303 e. The molecule has 1 saturated carbocycles. The quantitative estimate of drug-likeness (QED) is 0.571. The van der Waals surface area contributed by atoms with Crippen LogP contribution in [0.2, 0.25) is 0 Å². The fourth-order valence-electron chi connectivity index (χ4n) is 2.18. The van der Waals surface area contributed by atoms with Crippen molar-refractivity contribution in [2.75, 3.05) is 0 Å². The van der Waals surface area contributed by atoms with E-state index in [1.54, 1.807) is 0 Å². The summed E-state index contributed by atoms with van der Waals surface area (Å²) in [5, 5.41) is 0. The molecule has 0 aliphatic heterocycles. The maximum atomic E-state index is 10.9. The van der Waals surface area contributed by atoms with Crippen LogP contribution in [-0.4, -0.2) is 6.29 Å². The molecular formula is C10H18O. The van der Waals surface area contributed by atoms with Gasteiger partial charge in [-0.15, -0.1) is 0 Å². The SMILES string of the molecule is CCCC1(C=O)CCCCC1. The Labute approximate surface area is 69.2 Å². The third-order valence-electron chi connectivity index (χ3n) is 2.85. The van der Waals surface area contributed by atoms with Crippen molar-refractivity contribution in [2.45, 2.75) is 51.9 Å². The number of carbonyl (C=O) groups excluding carboxylic acids is 1. The smallest absolute Gasteiger partial charge is 0.126 e. The summed E-state index contributed by atoms with van der Waals surface area (Å²) in [5.41, 5.74) is 0.0903. The zero-order chi connectivity index (χ0) is 8.16. The van der Waals surface area contributed by atoms with E-state index in [0.717, 1.165) is 25.7 Å². The average molecular weight is 154 g/mol. The molecule has 1 aliphatic carbocycles. The molecule has 0 aromatic rings. The highest BCUT2D eigenvalue weighted by Crippen LogP contribution is 2.37. The highest BCUT2D eigenvalue weighted by Gasteiger charge is 2.30. The summed E-state index contributed by atoms with van der Waals surface area (Å²) < 4.78 is 0. The predicted molar refractivity (Wildman–Crippen MR) is 46.5 cm³/mol. The molecule has 0 atom stereocenters. The topological polar surface area (TPSA) is 17.1 Å². The van der Waals surface area contributed by atoms with Gasteiger partial charge in [-0.05, 0) is 19.3 Å². The van der Waals surface area contributed by atoms with Crippen molar-refractivity contribution in [3.8, 4) is 0 Å². The molecule has 0 saturated heterocycles. The van der Waals surface area contributed by atoms with Crippen LogP contribution in [0.3, 0.4) is 0 Å². The van der Waals surface area contributed by atoms with Crippen LogP contribution in [0.1, 0.15) is 51.9 Å². The number of hydrogen-bond donors (Lipinski definition) is 0. The van der Waals surface area contributed by atoms with E-state index in [1.165, 1.54) is 25.5 Å². The Morgan fingerprint density at radius 3 is 2.36 bits per heavy atom. The first-order valence-electron chi connectivity index (χ1n) is 4.79. The second kappa shape index (κ2) is 3.89. The minimum absolute atomic E-state index is 0.0903. The Morgan fingerprint density at radius 1 is 1.27 bits per heavy atom. The van der Waals surface area contributed by atoms with E-state index in [0.29, 0.717) is 0 Å². The maximum absolute atomic E-state index is 10.9. The van der Waals surface area contributed by atoms with E-state index in [2.05, 4.69) is 6.92 Å². The zero-order valence-corrected chi connectivity index (χ0v) is 7.44. The minimum Gasteiger partial charge on any atom is -0.303 e. The molecule has 0 heterocycles. The monoisotopic (exact) mass is 154 g/mol. The molecule has 1 nitrogen and oxygen atoms in total. The Kier molecular flexibility index (Phi) is 3.10. The summed E-state index contributed by atoms with van der Waals surface area (Å²) in [4.78, 5) is 10.9. The van der Waals surface area contributed by atoms with Gasteiger partial charge in [-0.1, -0.05) is 32.6 Å². The van der Waals surface area contributed by atoms with Gasteiger partial charge in [0.15, 0.2) is 0 Å². The predicted octanol–water partition coefficient (Wildman–Crippen LogP) is 2.94. The normalized spacial score (nSPS) is 23.0. The molecule has 0 aromatic carbocycles. The van der Waals surface area contributed by atoms with Gasteiger partial charge in [0, 0.05) is 5.41 Å². The zero-order valence-electron chi connectivity index (χ0n) is 7.44. The van der Waals surface area contributed by atoms with Crippen molar-refractivity contribution < 1.29 is 4.79 Å². The molecule has 0 radical (unpaired) electrons. The lowest BCUT2D eigenvalue weighted by Gasteiger charge is -2.31. The van der Waals surface area contributed by atoms with Gasteiger partial charge in [0.05, 0.1) is 0 Å². The summed E-state index contributed by atoms with van der Waals surface area (Å²) in [6.45, 7) is 2.17. The second-order valence-corrected chi connectivity index (χ2v) is 3.79. The van der Waals surface area contributed by atoms with Crippen molar-refractivity contribution in [1.29, 1.82) is 0 Å². The molecule has 0 bridgehead atoms. The minimum atomic E-state index is 0.0903. The summed E-state index contributed by atoms with van der Waals surface area (Å²) in [7, 11) is 0. The molecule has 0 spiro atoms. The standard InChI is InChI=1S/C10H18O/c1-2-6-10(9-11)7-4-3-5-8-10/h9H,2-8H2,1H3. The Morgan fingerprint density at radius 2 is 1.91 bits per heavy atom. The number of rotatable bonds is 3. The third kappa shape index (κ3) is 2.05. The number of aldehydes is 1. The molecule has 1 rings (SSSR count). The Bertz CT molecular complexity index is 117. The van der Waals surface area contributed by atoms with Crippen molar-refractivity contribution in [3.63, 3.8) is 0 Å². The summed E-state index contributed by atoms with van der Waals surface area (Å²) >= 11 is 0. The molecule has 1 heteroatoms. The van der Waals surface area contributed by atoms with Gasteiger partial charge in [-0.25, -0.2) is 0 Å². The number of carbonyl (C=O) groups is 1. The van der Waals surface area contributed by atoms with Crippen molar-refractivity contribution in [1.82, 2.24) is 0 Å². The van der Waals surface area contributed by atoms with Gasteiger partial charge in [-0.2, -0.15) is 0 Å². The summed E-state index contributed by atoms with van der Waals surface area (Å²) in [6, 6.07) is 0. The highest BCUT2D eigenvalue weighted by molar-refractivity contribution is 5.59. The lowest BCUT2D eigenvalue weighted by atomic mass is 9.72. The summed E-state index contributed by atoms with van der Waals surface area (Å²) in [6.07, 6.45) is 9.62. The van der Waals surface area contributed by atoms with E-state index < -0.39 is 0 Å². The Balaban J connectivity index is 2.49. The van der Waals surface area contributed by atoms with Crippen LogP contribution < -0.4 is 0 Å². The van der Waals surface area contributed by atoms with Crippen LogP contribution in [0.4, 0.5) is 0 Å². The average Bonchev–Trinajstić information content (AvgIpc) is 2.07. The van der Waals surface area contributed by atoms with Crippen LogP contribution in [0, 0.1) is 5.41 Å². The van der Waals surface area contributed by atoms with Crippen molar-refractivity contribution in [3.05, 3.63) is 0 Å². The summed E-state index contributed by atoms with van der Waals surface area (Å²) in [5.74, 6) is 0. The van der Waals surface area contributed by atoms with Crippen molar-refractivity contribution in [2.24, 2.45) is 5.41 Å². The first-order chi connectivity index (χ1) is 5.33. The van der Waals surface area contributed by atoms with Crippen LogP contribution in [0.15, 0.2) is 0 Å².